The number of hydrogen-bond acceptors (Lipinski definition) is 4. The Bertz CT molecular complexity index is 924. The van der Waals surface area contributed by atoms with Crippen LogP contribution in [0.3, 0.4) is 0 Å². The summed E-state index contributed by atoms with van der Waals surface area (Å²) in [5.74, 6) is -1.14. The average Bonchev–Trinajstić information content (AvgIpc) is 2.58. The van der Waals surface area contributed by atoms with Crippen LogP contribution in [0.2, 0.25) is 5.02 Å². The van der Waals surface area contributed by atoms with E-state index in [2.05, 4.69) is 42.5 Å². The molecule has 0 aliphatic rings. The molecule has 0 bridgehead atoms. The molecule has 6 nitrogen and oxygen atoms in total. The van der Waals surface area contributed by atoms with E-state index in [4.69, 9.17) is 28.6 Å². The summed E-state index contributed by atoms with van der Waals surface area (Å²) in [4.78, 5) is 23.4. The second-order valence-electron chi connectivity index (χ2n) is 5.32. The number of halogens is 3. The molecule has 0 saturated heterocycles. The van der Waals surface area contributed by atoms with Crippen LogP contribution in [0.25, 0.3) is 0 Å². The minimum Gasteiger partial charge on any atom is -0.484 e. The van der Waals surface area contributed by atoms with Crippen LogP contribution in [0.5, 0.6) is 5.75 Å². The molecule has 3 N–H and O–H groups in total. The maximum absolute atomic E-state index is 12.0. The number of carbonyl (C=O) groups excluding carboxylic acids is 1. The Morgan fingerprint density at radius 1 is 1.26 bits per heavy atom. The smallest absolute Gasteiger partial charge is 0.337 e. The van der Waals surface area contributed by atoms with Gasteiger partial charge in [0.15, 0.2) is 11.7 Å². The summed E-state index contributed by atoms with van der Waals surface area (Å²) in [6.07, 6.45) is 0. The lowest BCUT2D eigenvalue weighted by molar-refractivity contribution is -0.121. The zero-order chi connectivity index (χ0) is 20.1. The molecule has 0 spiro atoms. The van der Waals surface area contributed by atoms with Crippen molar-refractivity contribution in [3.63, 3.8) is 0 Å². The first kappa shape index (κ1) is 21.6. The first-order chi connectivity index (χ1) is 12.7. The molecule has 0 heterocycles. The minimum absolute atomic E-state index is 0.0132. The summed E-state index contributed by atoms with van der Waals surface area (Å²) < 4.78 is 6.44. The van der Waals surface area contributed by atoms with Crippen molar-refractivity contribution in [2.75, 3.05) is 11.9 Å². The number of carboxylic acids is 1. The highest BCUT2D eigenvalue weighted by molar-refractivity contribution is 9.11. The Hall–Kier alpha value is -1.68. The third kappa shape index (κ3) is 6.17. The summed E-state index contributed by atoms with van der Waals surface area (Å²) in [5, 5.41) is 15.0. The summed E-state index contributed by atoms with van der Waals surface area (Å²) in [6, 6.07) is 8.12. The van der Waals surface area contributed by atoms with Crippen molar-refractivity contribution in [1.29, 1.82) is 0 Å². The van der Waals surface area contributed by atoms with Crippen molar-refractivity contribution >= 4 is 78.4 Å². The molecule has 0 atom stereocenters. The van der Waals surface area contributed by atoms with E-state index >= 15 is 0 Å². The van der Waals surface area contributed by atoms with Gasteiger partial charge in [0.2, 0.25) is 0 Å². The summed E-state index contributed by atoms with van der Waals surface area (Å²) in [5.41, 5.74) is 1.04. The topological polar surface area (TPSA) is 87.7 Å². The number of ether oxygens (including phenoxy) is 1. The lowest BCUT2D eigenvalue weighted by Gasteiger charge is -2.14. The fourth-order valence-electron chi connectivity index (χ4n) is 2.03. The van der Waals surface area contributed by atoms with E-state index in [1.54, 1.807) is 24.3 Å². The van der Waals surface area contributed by atoms with Crippen molar-refractivity contribution in [2.24, 2.45) is 0 Å². The highest BCUT2D eigenvalue weighted by Crippen LogP contribution is 2.30. The standard InChI is InChI=1S/C17H13Br2ClN2O4S/c1-8-4-10(2-3-13(8)20)26-7-14(23)21-17(27)22-15-11(16(24)25)5-9(18)6-12(15)19/h2-6H,7H2,1H3,(H,24,25)(H2,21,22,23,27). The van der Waals surface area contributed by atoms with Crippen molar-refractivity contribution in [3.8, 4) is 5.75 Å². The maximum Gasteiger partial charge on any atom is 0.337 e. The molecule has 0 aliphatic carbocycles. The Balaban J connectivity index is 1.98. The number of hydrogen-bond donors (Lipinski definition) is 3. The van der Waals surface area contributed by atoms with Crippen LogP contribution in [-0.2, 0) is 4.79 Å². The number of carboxylic acid groups (broad SMARTS) is 1. The third-order valence-corrected chi connectivity index (χ3v) is 4.99. The average molecular weight is 537 g/mol. The molecule has 0 unspecified atom stereocenters. The normalized spacial score (nSPS) is 10.2. The predicted octanol–water partition coefficient (Wildman–Crippen LogP) is 4.76. The zero-order valence-corrected chi connectivity index (χ0v) is 18.6. The van der Waals surface area contributed by atoms with Gasteiger partial charge in [0, 0.05) is 14.0 Å². The zero-order valence-electron chi connectivity index (χ0n) is 13.8. The first-order valence-electron chi connectivity index (χ1n) is 7.39. The van der Waals surface area contributed by atoms with Gasteiger partial charge in [0.05, 0.1) is 11.3 Å². The van der Waals surface area contributed by atoms with Crippen LogP contribution in [0.4, 0.5) is 5.69 Å². The lowest BCUT2D eigenvalue weighted by Crippen LogP contribution is -2.37. The van der Waals surface area contributed by atoms with Crippen LogP contribution < -0.4 is 15.4 Å². The van der Waals surface area contributed by atoms with Gasteiger partial charge in [-0.2, -0.15) is 0 Å². The third-order valence-electron chi connectivity index (χ3n) is 3.28. The number of aryl methyl sites for hydroxylation is 1. The highest BCUT2D eigenvalue weighted by Gasteiger charge is 2.16. The van der Waals surface area contributed by atoms with Crippen LogP contribution in [0.15, 0.2) is 39.3 Å². The van der Waals surface area contributed by atoms with Crippen molar-refractivity contribution in [1.82, 2.24) is 5.32 Å². The molecule has 1 amide bonds. The molecule has 2 aromatic carbocycles. The fraction of sp³-hybridized carbons (Fsp3) is 0.118. The molecular formula is C17H13Br2ClN2O4S. The number of benzene rings is 2. The minimum atomic E-state index is -1.14. The van der Waals surface area contributed by atoms with Gasteiger partial charge < -0.3 is 15.2 Å². The summed E-state index contributed by atoms with van der Waals surface area (Å²) >= 11 is 17.5. The van der Waals surface area contributed by atoms with Gasteiger partial charge in [0.25, 0.3) is 5.91 Å². The quantitative estimate of drug-likeness (QED) is 0.478. The van der Waals surface area contributed by atoms with E-state index in [9.17, 15) is 14.7 Å². The molecular weight excluding hydrogens is 524 g/mol. The largest absolute Gasteiger partial charge is 0.484 e. The van der Waals surface area contributed by atoms with Gasteiger partial charge in [-0.05, 0) is 71.0 Å². The molecule has 0 saturated carbocycles. The SMILES string of the molecule is Cc1cc(OCC(=O)NC(=S)Nc2c(Br)cc(Br)cc2C(=O)O)ccc1Cl. The number of thiocarbonyl (C=S) groups is 1. The molecule has 2 aromatic rings. The van der Waals surface area contributed by atoms with E-state index < -0.39 is 11.9 Å². The van der Waals surface area contributed by atoms with E-state index in [0.29, 0.717) is 19.7 Å². The fourth-order valence-corrected chi connectivity index (χ4v) is 3.69. The Labute approximate surface area is 182 Å². The van der Waals surface area contributed by atoms with E-state index in [1.165, 1.54) is 6.07 Å². The van der Waals surface area contributed by atoms with Gasteiger partial charge in [-0.1, -0.05) is 27.5 Å². The van der Waals surface area contributed by atoms with Crippen molar-refractivity contribution in [2.45, 2.75) is 6.92 Å². The Morgan fingerprint density at radius 2 is 1.96 bits per heavy atom. The predicted molar refractivity (Wildman–Crippen MR) is 115 cm³/mol. The van der Waals surface area contributed by atoms with Gasteiger partial charge in [0.1, 0.15) is 5.75 Å². The van der Waals surface area contributed by atoms with Crippen LogP contribution in [0.1, 0.15) is 15.9 Å². The van der Waals surface area contributed by atoms with Crippen LogP contribution in [0, 0.1) is 6.92 Å². The van der Waals surface area contributed by atoms with Crippen molar-refractivity contribution < 1.29 is 19.4 Å². The van der Waals surface area contributed by atoms with Crippen LogP contribution in [-0.4, -0.2) is 28.7 Å². The molecule has 0 aromatic heterocycles. The molecule has 10 heteroatoms. The number of anilines is 1. The molecule has 0 aliphatic heterocycles. The number of rotatable bonds is 5. The van der Waals surface area contributed by atoms with Gasteiger partial charge >= 0.3 is 5.97 Å². The number of carbonyl (C=O) groups is 2. The number of nitrogens with one attached hydrogen (secondary N) is 2. The second-order valence-corrected chi connectivity index (χ2v) is 7.90. The van der Waals surface area contributed by atoms with E-state index in [0.717, 1.165) is 5.56 Å². The molecule has 142 valence electrons. The van der Waals surface area contributed by atoms with Gasteiger partial charge in [-0.3, -0.25) is 10.1 Å². The summed E-state index contributed by atoms with van der Waals surface area (Å²) in [7, 11) is 0. The Morgan fingerprint density at radius 3 is 2.59 bits per heavy atom. The first-order valence-corrected chi connectivity index (χ1v) is 9.76. The van der Waals surface area contributed by atoms with Gasteiger partial charge in [-0.25, -0.2) is 4.79 Å². The monoisotopic (exact) mass is 534 g/mol. The lowest BCUT2D eigenvalue weighted by atomic mass is 10.2. The van der Waals surface area contributed by atoms with E-state index in [-0.39, 0.29) is 23.0 Å². The van der Waals surface area contributed by atoms with Crippen LogP contribution >= 0.6 is 55.7 Å². The van der Waals surface area contributed by atoms with Crippen molar-refractivity contribution in [3.05, 3.63) is 55.4 Å². The molecule has 27 heavy (non-hydrogen) atoms. The number of amides is 1. The second kappa shape index (κ2) is 9.50. The number of aromatic carboxylic acids is 1. The maximum atomic E-state index is 12.0. The Kier molecular flexibility index (Phi) is 7.60. The molecule has 0 radical (unpaired) electrons. The van der Waals surface area contributed by atoms with E-state index in [1.807, 2.05) is 6.92 Å². The molecule has 2 rings (SSSR count). The molecule has 0 fully saturated rings. The summed E-state index contributed by atoms with van der Waals surface area (Å²) in [6.45, 7) is 1.56. The highest BCUT2D eigenvalue weighted by atomic mass is 79.9. The van der Waals surface area contributed by atoms with Gasteiger partial charge in [-0.15, -0.1) is 0 Å².